The number of carbonyl (C=O) groups is 1. The van der Waals surface area contributed by atoms with Gasteiger partial charge in [-0.1, -0.05) is 12.1 Å². The fourth-order valence-electron chi connectivity index (χ4n) is 1.66. The number of nitrogens with zero attached hydrogens (tertiary/aromatic N) is 1. The molecule has 98 valence electrons. The van der Waals surface area contributed by atoms with Gasteiger partial charge in [0.2, 0.25) is 5.91 Å². The maximum absolute atomic E-state index is 11.8. The van der Waals surface area contributed by atoms with Gasteiger partial charge in [0.05, 0.1) is 24.0 Å². The molecular weight excluding hydrogens is 242 g/mol. The summed E-state index contributed by atoms with van der Waals surface area (Å²) in [5.41, 5.74) is 7.82. The summed E-state index contributed by atoms with van der Waals surface area (Å²) in [6, 6.07) is 8.58. The first-order valence-corrected chi connectivity index (χ1v) is 5.85. The van der Waals surface area contributed by atoms with Crippen molar-refractivity contribution in [3.05, 3.63) is 47.8 Å². The van der Waals surface area contributed by atoms with E-state index in [1.165, 1.54) is 6.20 Å². The third-order valence-corrected chi connectivity index (χ3v) is 2.70. The van der Waals surface area contributed by atoms with Crippen LogP contribution in [-0.4, -0.2) is 16.0 Å². The van der Waals surface area contributed by atoms with Crippen LogP contribution >= 0.6 is 0 Å². The second kappa shape index (κ2) is 5.39. The zero-order chi connectivity index (χ0) is 13.8. The molecule has 5 nitrogen and oxygen atoms in total. The summed E-state index contributed by atoms with van der Waals surface area (Å²) >= 11 is 0. The Kier molecular flexibility index (Phi) is 3.66. The summed E-state index contributed by atoms with van der Waals surface area (Å²) in [7, 11) is 0. The van der Waals surface area contributed by atoms with E-state index in [-0.39, 0.29) is 18.1 Å². The van der Waals surface area contributed by atoms with Crippen LogP contribution in [0.5, 0.6) is 5.75 Å². The lowest BCUT2D eigenvalue weighted by atomic mass is 10.2. The molecule has 19 heavy (non-hydrogen) atoms. The van der Waals surface area contributed by atoms with Crippen molar-refractivity contribution in [3.63, 3.8) is 0 Å². The number of phenols is 1. The Bertz CT molecular complexity index is 594. The quantitative estimate of drug-likeness (QED) is 0.732. The first-order chi connectivity index (χ1) is 9.06. The highest BCUT2D eigenvalue weighted by Crippen LogP contribution is 2.26. The molecule has 0 aliphatic heterocycles. The Morgan fingerprint density at radius 1 is 1.37 bits per heavy atom. The van der Waals surface area contributed by atoms with E-state index in [4.69, 9.17) is 5.73 Å². The van der Waals surface area contributed by atoms with Crippen LogP contribution in [-0.2, 0) is 11.2 Å². The molecule has 0 aliphatic carbocycles. The molecule has 0 fully saturated rings. The van der Waals surface area contributed by atoms with Crippen molar-refractivity contribution in [2.45, 2.75) is 13.3 Å². The fraction of sp³-hybridized carbons (Fsp3) is 0.143. The number of phenolic OH excluding ortho intramolecular Hbond substituents is 1. The Balaban J connectivity index is 2.05. The van der Waals surface area contributed by atoms with E-state index in [2.05, 4.69) is 10.3 Å². The number of hydrogen-bond donors (Lipinski definition) is 3. The molecule has 0 bridgehead atoms. The SMILES string of the molecule is Cc1cccc(NC(=O)Cc2ccc(N)cn2)c1O. The van der Waals surface area contributed by atoms with Gasteiger partial charge in [-0.25, -0.2) is 0 Å². The van der Waals surface area contributed by atoms with Gasteiger partial charge in [0.15, 0.2) is 0 Å². The lowest BCUT2D eigenvalue weighted by molar-refractivity contribution is -0.115. The minimum Gasteiger partial charge on any atom is -0.505 e. The Labute approximate surface area is 111 Å². The van der Waals surface area contributed by atoms with Crippen LogP contribution in [0.2, 0.25) is 0 Å². The Morgan fingerprint density at radius 2 is 2.16 bits per heavy atom. The van der Waals surface area contributed by atoms with Crippen molar-refractivity contribution in [2.24, 2.45) is 0 Å². The number of aromatic hydroxyl groups is 1. The number of rotatable bonds is 3. The number of pyridine rings is 1. The number of para-hydroxylation sites is 1. The van der Waals surface area contributed by atoms with E-state index < -0.39 is 0 Å². The molecule has 0 atom stereocenters. The average molecular weight is 257 g/mol. The first kappa shape index (κ1) is 12.9. The lowest BCUT2D eigenvalue weighted by Crippen LogP contribution is -2.15. The summed E-state index contributed by atoms with van der Waals surface area (Å²) < 4.78 is 0. The van der Waals surface area contributed by atoms with Gasteiger partial charge in [0.1, 0.15) is 5.75 Å². The molecule has 0 spiro atoms. The second-order valence-corrected chi connectivity index (χ2v) is 4.28. The molecule has 2 rings (SSSR count). The molecule has 4 N–H and O–H groups in total. The Morgan fingerprint density at radius 3 is 2.84 bits per heavy atom. The molecule has 0 radical (unpaired) electrons. The molecular formula is C14H15N3O2. The monoisotopic (exact) mass is 257 g/mol. The van der Waals surface area contributed by atoms with Crippen LogP contribution in [0, 0.1) is 6.92 Å². The number of carbonyl (C=O) groups excluding carboxylic acids is 1. The maximum atomic E-state index is 11.8. The van der Waals surface area contributed by atoms with E-state index in [9.17, 15) is 9.90 Å². The molecule has 2 aromatic rings. The molecule has 1 aromatic carbocycles. The number of nitrogens with one attached hydrogen (secondary N) is 1. The number of amides is 1. The molecule has 0 saturated heterocycles. The zero-order valence-corrected chi connectivity index (χ0v) is 10.6. The third kappa shape index (κ3) is 3.22. The summed E-state index contributed by atoms with van der Waals surface area (Å²) in [6.07, 6.45) is 1.64. The fourth-order valence-corrected chi connectivity index (χ4v) is 1.66. The number of benzene rings is 1. The average Bonchev–Trinajstić information content (AvgIpc) is 2.38. The van der Waals surface area contributed by atoms with Crippen LogP contribution in [0.15, 0.2) is 36.5 Å². The Hall–Kier alpha value is -2.56. The van der Waals surface area contributed by atoms with E-state index in [0.717, 1.165) is 0 Å². The van der Waals surface area contributed by atoms with Crippen molar-refractivity contribution in [1.29, 1.82) is 0 Å². The molecule has 1 amide bonds. The maximum Gasteiger partial charge on any atom is 0.230 e. The van der Waals surface area contributed by atoms with Crippen molar-refractivity contribution in [3.8, 4) is 5.75 Å². The van der Waals surface area contributed by atoms with E-state index in [0.29, 0.717) is 22.6 Å². The molecule has 0 saturated carbocycles. The smallest absolute Gasteiger partial charge is 0.230 e. The molecule has 0 unspecified atom stereocenters. The topological polar surface area (TPSA) is 88.2 Å². The zero-order valence-electron chi connectivity index (χ0n) is 10.6. The lowest BCUT2D eigenvalue weighted by Gasteiger charge is -2.08. The van der Waals surface area contributed by atoms with E-state index in [1.54, 1.807) is 37.3 Å². The van der Waals surface area contributed by atoms with Gasteiger partial charge in [-0.05, 0) is 30.7 Å². The summed E-state index contributed by atoms with van der Waals surface area (Å²) in [5, 5.41) is 12.5. The van der Waals surface area contributed by atoms with Gasteiger partial charge >= 0.3 is 0 Å². The van der Waals surface area contributed by atoms with Gasteiger partial charge in [-0.3, -0.25) is 9.78 Å². The molecule has 1 heterocycles. The summed E-state index contributed by atoms with van der Waals surface area (Å²) in [6.45, 7) is 1.77. The number of nitrogen functional groups attached to an aromatic ring is 1. The van der Waals surface area contributed by atoms with Gasteiger partial charge in [0.25, 0.3) is 0 Å². The predicted octanol–water partition coefficient (Wildman–Crippen LogP) is 1.86. The third-order valence-electron chi connectivity index (χ3n) is 2.70. The number of hydrogen-bond acceptors (Lipinski definition) is 4. The number of aromatic nitrogens is 1. The van der Waals surface area contributed by atoms with Crippen molar-refractivity contribution in [2.75, 3.05) is 11.1 Å². The highest BCUT2D eigenvalue weighted by Gasteiger charge is 2.09. The van der Waals surface area contributed by atoms with Crippen LogP contribution < -0.4 is 11.1 Å². The van der Waals surface area contributed by atoms with Crippen molar-refractivity contribution < 1.29 is 9.90 Å². The van der Waals surface area contributed by atoms with Crippen molar-refractivity contribution >= 4 is 17.3 Å². The van der Waals surface area contributed by atoms with Crippen molar-refractivity contribution in [1.82, 2.24) is 4.98 Å². The molecule has 5 heteroatoms. The standard InChI is InChI=1S/C14H15N3O2/c1-9-3-2-4-12(14(9)19)17-13(18)7-11-6-5-10(15)8-16-11/h2-6,8,19H,7,15H2,1H3,(H,17,18). The highest BCUT2D eigenvalue weighted by molar-refractivity contribution is 5.93. The predicted molar refractivity (Wildman–Crippen MR) is 73.8 cm³/mol. The van der Waals surface area contributed by atoms with Crippen LogP contribution in [0.4, 0.5) is 11.4 Å². The summed E-state index contributed by atoms with van der Waals surface area (Å²) in [5.74, 6) is -0.153. The highest BCUT2D eigenvalue weighted by atomic mass is 16.3. The minimum absolute atomic E-state index is 0.0844. The van der Waals surface area contributed by atoms with Crippen LogP contribution in [0.1, 0.15) is 11.3 Å². The molecule has 1 aromatic heterocycles. The largest absolute Gasteiger partial charge is 0.505 e. The van der Waals surface area contributed by atoms with Gasteiger partial charge in [-0.2, -0.15) is 0 Å². The van der Waals surface area contributed by atoms with Crippen LogP contribution in [0.3, 0.4) is 0 Å². The van der Waals surface area contributed by atoms with Crippen LogP contribution in [0.25, 0.3) is 0 Å². The summed E-state index contributed by atoms with van der Waals surface area (Å²) in [4.78, 5) is 15.9. The van der Waals surface area contributed by atoms with Gasteiger partial charge < -0.3 is 16.2 Å². The van der Waals surface area contributed by atoms with E-state index >= 15 is 0 Å². The number of anilines is 2. The first-order valence-electron chi connectivity index (χ1n) is 5.85. The number of aryl methyl sites for hydroxylation is 1. The minimum atomic E-state index is -0.238. The van der Waals surface area contributed by atoms with Gasteiger partial charge in [-0.15, -0.1) is 0 Å². The molecule has 0 aliphatic rings. The van der Waals surface area contributed by atoms with E-state index in [1.807, 2.05) is 0 Å². The number of nitrogens with two attached hydrogens (primary N) is 1. The van der Waals surface area contributed by atoms with Gasteiger partial charge in [0, 0.05) is 5.69 Å². The normalized spacial score (nSPS) is 10.2. The second-order valence-electron chi connectivity index (χ2n) is 4.28.